The van der Waals surface area contributed by atoms with Crippen molar-refractivity contribution in [3.63, 3.8) is 0 Å². The third kappa shape index (κ3) is 1.90. The van der Waals surface area contributed by atoms with Gasteiger partial charge in [-0.1, -0.05) is 0 Å². The number of aliphatic hydroxyl groups excluding tert-OH is 1. The lowest BCUT2D eigenvalue weighted by Gasteiger charge is -2.32. The maximum atomic E-state index is 9.45. The first kappa shape index (κ1) is 8.93. The maximum Gasteiger partial charge on any atom is 0.185 e. The standard InChI is InChI=1S/C7H14O4/c1-9-5-3-4-11-7(10-2)6(5)8/h5-8H,3-4H2,1-2H3/t5?,6-,7-/m1/s1. The van der Waals surface area contributed by atoms with Gasteiger partial charge < -0.3 is 19.3 Å². The second kappa shape index (κ2) is 4.01. The fraction of sp³-hybridized carbons (Fsp3) is 1.00. The average Bonchev–Trinajstić information content (AvgIpc) is 2.05. The highest BCUT2D eigenvalue weighted by atomic mass is 16.7. The molecule has 1 N–H and O–H groups in total. The first-order chi connectivity index (χ1) is 5.29. The van der Waals surface area contributed by atoms with Gasteiger partial charge in [0.25, 0.3) is 0 Å². The summed E-state index contributed by atoms with van der Waals surface area (Å²) in [6.45, 7) is 0.577. The lowest BCUT2D eigenvalue weighted by atomic mass is 10.1. The van der Waals surface area contributed by atoms with Gasteiger partial charge in [-0.3, -0.25) is 0 Å². The number of hydrogen-bond acceptors (Lipinski definition) is 4. The Labute approximate surface area is 66.1 Å². The summed E-state index contributed by atoms with van der Waals surface area (Å²) in [6, 6.07) is 0. The minimum atomic E-state index is -0.668. The van der Waals surface area contributed by atoms with Gasteiger partial charge in [0.15, 0.2) is 6.29 Å². The van der Waals surface area contributed by atoms with E-state index in [2.05, 4.69) is 0 Å². The summed E-state index contributed by atoms with van der Waals surface area (Å²) in [6.07, 6.45) is -0.640. The van der Waals surface area contributed by atoms with Gasteiger partial charge in [-0.2, -0.15) is 0 Å². The molecule has 1 saturated heterocycles. The van der Waals surface area contributed by atoms with Crippen LogP contribution in [0.3, 0.4) is 0 Å². The van der Waals surface area contributed by atoms with E-state index in [0.29, 0.717) is 6.61 Å². The quantitative estimate of drug-likeness (QED) is 0.608. The van der Waals surface area contributed by atoms with E-state index in [1.54, 1.807) is 7.11 Å². The molecule has 1 fully saturated rings. The third-order valence-electron chi connectivity index (χ3n) is 1.88. The zero-order valence-electron chi connectivity index (χ0n) is 6.82. The average molecular weight is 162 g/mol. The van der Waals surface area contributed by atoms with Crippen molar-refractivity contribution in [2.45, 2.75) is 24.9 Å². The van der Waals surface area contributed by atoms with E-state index >= 15 is 0 Å². The number of aliphatic hydroxyl groups is 1. The van der Waals surface area contributed by atoms with Crippen LogP contribution in [0, 0.1) is 0 Å². The molecule has 1 heterocycles. The molecule has 0 aromatic carbocycles. The van der Waals surface area contributed by atoms with Crippen LogP contribution in [-0.4, -0.2) is 44.4 Å². The normalized spacial score (nSPS) is 39.0. The van der Waals surface area contributed by atoms with Gasteiger partial charge >= 0.3 is 0 Å². The fourth-order valence-corrected chi connectivity index (χ4v) is 1.21. The van der Waals surface area contributed by atoms with E-state index in [-0.39, 0.29) is 6.10 Å². The molecule has 4 heteroatoms. The van der Waals surface area contributed by atoms with Crippen molar-refractivity contribution in [1.29, 1.82) is 0 Å². The number of ether oxygens (including phenoxy) is 3. The van der Waals surface area contributed by atoms with Crippen LogP contribution in [0.1, 0.15) is 6.42 Å². The molecule has 0 aromatic rings. The van der Waals surface area contributed by atoms with Crippen molar-refractivity contribution in [3.8, 4) is 0 Å². The Morgan fingerprint density at radius 3 is 2.64 bits per heavy atom. The van der Waals surface area contributed by atoms with Crippen molar-refractivity contribution < 1.29 is 19.3 Å². The number of methoxy groups -OCH3 is 2. The van der Waals surface area contributed by atoms with Crippen LogP contribution in [0.15, 0.2) is 0 Å². The molecule has 0 aromatic heterocycles. The summed E-state index contributed by atoms with van der Waals surface area (Å²) in [5.74, 6) is 0. The molecule has 1 rings (SSSR count). The zero-order valence-corrected chi connectivity index (χ0v) is 6.82. The predicted molar refractivity (Wildman–Crippen MR) is 38.2 cm³/mol. The van der Waals surface area contributed by atoms with E-state index in [9.17, 15) is 5.11 Å². The highest BCUT2D eigenvalue weighted by molar-refractivity contribution is 4.76. The molecular weight excluding hydrogens is 148 g/mol. The Morgan fingerprint density at radius 2 is 2.09 bits per heavy atom. The molecule has 4 nitrogen and oxygen atoms in total. The molecule has 0 saturated carbocycles. The molecule has 1 unspecified atom stereocenters. The number of rotatable bonds is 2. The molecule has 66 valence electrons. The molecule has 3 atom stereocenters. The third-order valence-corrected chi connectivity index (χ3v) is 1.88. The summed E-state index contributed by atoms with van der Waals surface area (Å²) in [4.78, 5) is 0. The minimum absolute atomic E-state index is 0.159. The monoisotopic (exact) mass is 162 g/mol. The van der Waals surface area contributed by atoms with E-state index in [1.807, 2.05) is 0 Å². The lowest BCUT2D eigenvalue weighted by Crippen LogP contribution is -2.46. The smallest absolute Gasteiger partial charge is 0.185 e. The van der Waals surface area contributed by atoms with Crippen LogP contribution in [0.5, 0.6) is 0 Å². The van der Waals surface area contributed by atoms with E-state index in [4.69, 9.17) is 14.2 Å². The first-order valence-corrected chi connectivity index (χ1v) is 3.65. The SMILES string of the molecule is COC1CCO[C@@H](OC)[C@@H]1O. The summed E-state index contributed by atoms with van der Waals surface area (Å²) in [5.41, 5.74) is 0. The van der Waals surface area contributed by atoms with Gasteiger partial charge in [-0.05, 0) is 6.42 Å². The minimum Gasteiger partial charge on any atom is -0.385 e. The Balaban J connectivity index is 2.45. The molecule has 0 aliphatic carbocycles. The number of hydrogen-bond donors (Lipinski definition) is 1. The molecule has 0 spiro atoms. The summed E-state index contributed by atoms with van der Waals surface area (Å²) >= 11 is 0. The van der Waals surface area contributed by atoms with E-state index < -0.39 is 12.4 Å². The molecule has 0 radical (unpaired) electrons. The van der Waals surface area contributed by atoms with Gasteiger partial charge in [0.2, 0.25) is 0 Å². The molecule has 1 aliphatic rings. The molecule has 0 amide bonds. The Kier molecular flexibility index (Phi) is 3.26. The first-order valence-electron chi connectivity index (χ1n) is 3.65. The fourth-order valence-electron chi connectivity index (χ4n) is 1.21. The van der Waals surface area contributed by atoms with Gasteiger partial charge in [-0.15, -0.1) is 0 Å². The van der Waals surface area contributed by atoms with Crippen molar-refractivity contribution in [2.75, 3.05) is 20.8 Å². The highest BCUT2D eigenvalue weighted by Gasteiger charge is 2.32. The second-order valence-electron chi connectivity index (χ2n) is 2.53. The maximum absolute atomic E-state index is 9.45. The van der Waals surface area contributed by atoms with Crippen molar-refractivity contribution in [2.24, 2.45) is 0 Å². The van der Waals surface area contributed by atoms with Crippen LogP contribution >= 0.6 is 0 Å². The zero-order chi connectivity index (χ0) is 8.27. The van der Waals surface area contributed by atoms with Crippen LogP contribution < -0.4 is 0 Å². The molecule has 11 heavy (non-hydrogen) atoms. The predicted octanol–water partition coefficient (Wildman–Crippen LogP) is -0.245. The van der Waals surface area contributed by atoms with Crippen LogP contribution in [-0.2, 0) is 14.2 Å². The Hall–Kier alpha value is -0.160. The van der Waals surface area contributed by atoms with Crippen molar-refractivity contribution in [3.05, 3.63) is 0 Å². The van der Waals surface area contributed by atoms with Gasteiger partial charge in [0.05, 0.1) is 12.7 Å². The lowest BCUT2D eigenvalue weighted by molar-refractivity contribution is -0.236. The Bertz CT molecular complexity index is 105. The van der Waals surface area contributed by atoms with Crippen LogP contribution in [0.2, 0.25) is 0 Å². The highest BCUT2D eigenvalue weighted by Crippen LogP contribution is 2.17. The van der Waals surface area contributed by atoms with Gasteiger partial charge in [0.1, 0.15) is 6.10 Å². The molecular formula is C7H14O4. The topological polar surface area (TPSA) is 47.9 Å². The van der Waals surface area contributed by atoms with E-state index in [0.717, 1.165) is 6.42 Å². The second-order valence-corrected chi connectivity index (χ2v) is 2.53. The molecule has 0 bridgehead atoms. The Morgan fingerprint density at radius 1 is 1.36 bits per heavy atom. The van der Waals surface area contributed by atoms with Gasteiger partial charge in [-0.25, -0.2) is 0 Å². The van der Waals surface area contributed by atoms with E-state index in [1.165, 1.54) is 7.11 Å². The van der Waals surface area contributed by atoms with Crippen molar-refractivity contribution >= 4 is 0 Å². The summed E-state index contributed by atoms with van der Waals surface area (Å²) in [7, 11) is 3.08. The van der Waals surface area contributed by atoms with Gasteiger partial charge in [0, 0.05) is 14.2 Å². The van der Waals surface area contributed by atoms with Crippen LogP contribution in [0.4, 0.5) is 0 Å². The summed E-state index contributed by atoms with van der Waals surface area (Å²) < 4.78 is 15.0. The molecule has 1 aliphatic heterocycles. The van der Waals surface area contributed by atoms with Crippen LogP contribution in [0.25, 0.3) is 0 Å². The summed E-state index contributed by atoms with van der Waals surface area (Å²) in [5, 5.41) is 9.45. The largest absolute Gasteiger partial charge is 0.385 e. The van der Waals surface area contributed by atoms with Crippen molar-refractivity contribution in [1.82, 2.24) is 0 Å².